The second kappa shape index (κ2) is 10.1. The molecule has 4 rings (SSSR count). The van der Waals surface area contributed by atoms with Gasteiger partial charge in [0.1, 0.15) is 5.56 Å². The Hall–Kier alpha value is -4.58. The van der Waals surface area contributed by atoms with Crippen molar-refractivity contribution in [2.75, 3.05) is 18.9 Å². The molecule has 2 aromatic heterocycles. The predicted molar refractivity (Wildman–Crippen MR) is 129 cm³/mol. The standard InChI is InChI=1S/C26H21F2N5O2/c1-16-12-32-23-8-6-17(10-19(23)24(16)29-2)4-3-9-31-25(34)20-13-30-15-33(26(20)35)14-18-5-7-21(27)22(28)11-18/h5-8,10-13,15H,9,14H2,1-2H3,(H,29,32)(H,31,34). The highest BCUT2D eigenvalue weighted by molar-refractivity contribution is 5.94. The predicted octanol–water partition coefficient (Wildman–Crippen LogP) is 3.25. The Morgan fingerprint density at radius 2 is 1.94 bits per heavy atom. The molecule has 0 radical (unpaired) electrons. The van der Waals surface area contributed by atoms with Crippen LogP contribution in [0.25, 0.3) is 10.9 Å². The number of aromatic nitrogens is 3. The highest BCUT2D eigenvalue weighted by Gasteiger charge is 2.13. The lowest BCUT2D eigenvalue weighted by Crippen LogP contribution is -2.33. The number of carbonyl (C=O) groups is 1. The summed E-state index contributed by atoms with van der Waals surface area (Å²) in [5, 5.41) is 6.71. The van der Waals surface area contributed by atoms with Crippen molar-refractivity contribution in [2.24, 2.45) is 0 Å². The number of amides is 1. The SMILES string of the molecule is CNc1c(C)cnc2ccc(C#CCNC(=O)c3cncn(Cc4ccc(F)c(F)c4)c3=O)cc12. The average molecular weight is 473 g/mol. The second-order valence-corrected chi connectivity index (χ2v) is 7.77. The molecule has 0 aliphatic carbocycles. The number of hydrogen-bond donors (Lipinski definition) is 2. The minimum Gasteiger partial charge on any atom is -0.387 e. The summed E-state index contributed by atoms with van der Waals surface area (Å²) in [6, 6.07) is 8.98. The maximum Gasteiger partial charge on any atom is 0.266 e. The van der Waals surface area contributed by atoms with Gasteiger partial charge in [-0.15, -0.1) is 0 Å². The molecule has 0 saturated carbocycles. The fourth-order valence-corrected chi connectivity index (χ4v) is 3.62. The molecule has 2 N–H and O–H groups in total. The van der Waals surface area contributed by atoms with E-state index in [1.54, 1.807) is 6.20 Å². The largest absolute Gasteiger partial charge is 0.387 e. The van der Waals surface area contributed by atoms with Gasteiger partial charge in [-0.25, -0.2) is 13.8 Å². The first kappa shape index (κ1) is 23.6. The normalized spacial score (nSPS) is 10.5. The molecule has 7 nitrogen and oxygen atoms in total. The molecule has 0 atom stereocenters. The van der Waals surface area contributed by atoms with Crippen LogP contribution >= 0.6 is 0 Å². The minimum atomic E-state index is -1.02. The van der Waals surface area contributed by atoms with E-state index in [1.807, 2.05) is 32.2 Å². The summed E-state index contributed by atoms with van der Waals surface area (Å²) in [5.74, 6) is 3.24. The first-order chi connectivity index (χ1) is 16.9. The molecule has 9 heteroatoms. The monoisotopic (exact) mass is 473 g/mol. The van der Waals surface area contributed by atoms with E-state index in [0.29, 0.717) is 5.56 Å². The van der Waals surface area contributed by atoms with E-state index in [9.17, 15) is 18.4 Å². The molecule has 0 bridgehead atoms. The number of pyridine rings is 1. The van der Waals surface area contributed by atoms with Crippen LogP contribution in [0.2, 0.25) is 0 Å². The van der Waals surface area contributed by atoms with E-state index < -0.39 is 23.1 Å². The average Bonchev–Trinajstić information content (AvgIpc) is 2.85. The molecule has 0 unspecified atom stereocenters. The molecule has 2 heterocycles. The number of hydrogen-bond acceptors (Lipinski definition) is 5. The topological polar surface area (TPSA) is 88.9 Å². The van der Waals surface area contributed by atoms with Gasteiger partial charge < -0.3 is 10.6 Å². The zero-order valence-corrected chi connectivity index (χ0v) is 19.0. The molecule has 0 spiro atoms. The van der Waals surface area contributed by atoms with E-state index in [0.717, 1.165) is 50.6 Å². The van der Waals surface area contributed by atoms with Crippen molar-refractivity contribution in [2.45, 2.75) is 13.5 Å². The van der Waals surface area contributed by atoms with Gasteiger partial charge in [0.25, 0.3) is 11.5 Å². The summed E-state index contributed by atoms with van der Waals surface area (Å²) < 4.78 is 27.7. The second-order valence-electron chi connectivity index (χ2n) is 7.77. The zero-order valence-electron chi connectivity index (χ0n) is 19.0. The zero-order chi connectivity index (χ0) is 24.9. The molecule has 35 heavy (non-hydrogen) atoms. The first-order valence-electron chi connectivity index (χ1n) is 10.7. The van der Waals surface area contributed by atoms with Gasteiger partial charge >= 0.3 is 0 Å². The van der Waals surface area contributed by atoms with Crippen LogP contribution in [0, 0.1) is 30.4 Å². The van der Waals surface area contributed by atoms with Crippen LogP contribution in [0.15, 0.2) is 59.9 Å². The van der Waals surface area contributed by atoms with Crippen molar-refractivity contribution in [3.8, 4) is 11.8 Å². The summed E-state index contributed by atoms with van der Waals surface area (Å²) in [6.45, 7) is 1.92. The van der Waals surface area contributed by atoms with Crippen molar-refractivity contribution in [3.05, 3.63) is 99.4 Å². The van der Waals surface area contributed by atoms with Gasteiger partial charge in [-0.1, -0.05) is 17.9 Å². The fraction of sp³-hybridized carbons (Fsp3) is 0.154. The number of fused-ring (bicyclic) bond motifs is 1. The minimum absolute atomic E-state index is 0.0132. The van der Waals surface area contributed by atoms with Crippen LogP contribution < -0.4 is 16.2 Å². The lowest BCUT2D eigenvalue weighted by molar-refractivity contribution is 0.0956. The summed E-state index contributed by atoms with van der Waals surface area (Å²) in [5.41, 5.74) is 3.17. The molecular formula is C26H21F2N5O2. The summed E-state index contributed by atoms with van der Waals surface area (Å²) >= 11 is 0. The maximum absolute atomic E-state index is 13.5. The molecule has 4 aromatic rings. The molecule has 0 aliphatic rings. The number of nitrogens with zero attached hydrogens (tertiary/aromatic N) is 3. The first-order valence-corrected chi connectivity index (χ1v) is 10.7. The van der Waals surface area contributed by atoms with Crippen molar-refractivity contribution < 1.29 is 13.6 Å². The van der Waals surface area contributed by atoms with E-state index in [-0.39, 0.29) is 18.7 Å². The van der Waals surface area contributed by atoms with Gasteiger partial charge in [0.2, 0.25) is 0 Å². The van der Waals surface area contributed by atoms with E-state index in [2.05, 4.69) is 32.4 Å². The van der Waals surface area contributed by atoms with Crippen LogP contribution in [-0.4, -0.2) is 34.0 Å². The highest BCUT2D eigenvalue weighted by atomic mass is 19.2. The van der Waals surface area contributed by atoms with Gasteiger partial charge in [-0.2, -0.15) is 0 Å². The van der Waals surface area contributed by atoms with Crippen LogP contribution in [0.1, 0.15) is 27.0 Å². The van der Waals surface area contributed by atoms with Crippen molar-refractivity contribution >= 4 is 22.5 Å². The van der Waals surface area contributed by atoms with Gasteiger partial charge in [0, 0.05) is 36.1 Å². The van der Waals surface area contributed by atoms with Gasteiger partial charge in [0.05, 0.1) is 24.9 Å². The number of nitrogens with one attached hydrogen (secondary N) is 2. The summed E-state index contributed by atoms with van der Waals surface area (Å²) in [4.78, 5) is 33.5. The molecule has 0 saturated heterocycles. The highest BCUT2D eigenvalue weighted by Crippen LogP contribution is 2.25. The van der Waals surface area contributed by atoms with Gasteiger partial charge in [-0.05, 0) is 48.4 Å². The third kappa shape index (κ3) is 5.17. The van der Waals surface area contributed by atoms with Crippen LogP contribution in [-0.2, 0) is 6.54 Å². The third-order valence-corrected chi connectivity index (χ3v) is 5.36. The number of aryl methyl sites for hydroxylation is 1. The smallest absolute Gasteiger partial charge is 0.266 e. The third-order valence-electron chi connectivity index (χ3n) is 5.36. The van der Waals surface area contributed by atoms with Crippen LogP contribution in [0.4, 0.5) is 14.5 Å². The van der Waals surface area contributed by atoms with Crippen molar-refractivity contribution in [3.63, 3.8) is 0 Å². The Morgan fingerprint density at radius 3 is 2.71 bits per heavy atom. The van der Waals surface area contributed by atoms with Crippen LogP contribution in [0.5, 0.6) is 0 Å². The maximum atomic E-state index is 13.5. The Bertz CT molecular complexity index is 1550. The summed E-state index contributed by atoms with van der Waals surface area (Å²) in [6.07, 6.45) is 4.19. The number of halogens is 2. The molecule has 0 fully saturated rings. The van der Waals surface area contributed by atoms with E-state index in [1.165, 1.54) is 12.4 Å². The quantitative estimate of drug-likeness (QED) is 0.435. The van der Waals surface area contributed by atoms with E-state index >= 15 is 0 Å². The van der Waals surface area contributed by atoms with E-state index in [4.69, 9.17) is 0 Å². The number of carbonyl (C=O) groups excluding carboxylic acids is 1. The molecule has 1 amide bonds. The van der Waals surface area contributed by atoms with Gasteiger partial charge in [0.15, 0.2) is 11.6 Å². The number of rotatable bonds is 5. The lowest BCUT2D eigenvalue weighted by Gasteiger charge is -2.09. The van der Waals surface area contributed by atoms with Crippen molar-refractivity contribution in [1.82, 2.24) is 19.9 Å². The molecule has 0 aliphatic heterocycles. The number of benzene rings is 2. The van der Waals surface area contributed by atoms with Crippen LogP contribution in [0.3, 0.4) is 0 Å². The Balaban J connectivity index is 1.46. The molecular weight excluding hydrogens is 452 g/mol. The molecule has 2 aromatic carbocycles. The Kier molecular flexibility index (Phi) is 6.83. The fourth-order valence-electron chi connectivity index (χ4n) is 3.62. The Morgan fingerprint density at radius 1 is 1.11 bits per heavy atom. The van der Waals surface area contributed by atoms with Crippen molar-refractivity contribution in [1.29, 1.82) is 0 Å². The summed E-state index contributed by atoms with van der Waals surface area (Å²) in [7, 11) is 1.85. The Labute approximate surface area is 199 Å². The molecule has 176 valence electrons. The number of anilines is 1. The van der Waals surface area contributed by atoms with Gasteiger partial charge in [-0.3, -0.25) is 19.1 Å². The lowest BCUT2D eigenvalue weighted by atomic mass is 10.1.